The van der Waals surface area contributed by atoms with E-state index in [4.69, 9.17) is 0 Å². The quantitative estimate of drug-likeness (QED) is 0.750. The number of hydrogen-bond donors (Lipinski definition) is 2. The minimum absolute atomic E-state index is 0.249. The molecule has 3 rings (SSSR count). The minimum atomic E-state index is -0.268. The molecule has 0 spiro atoms. The highest BCUT2D eigenvalue weighted by atomic mass is 32.1. The lowest BCUT2D eigenvalue weighted by atomic mass is 10.2. The maximum Gasteiger partial charge on any atom is 0.271 e. The van der Waals surface area contributed by atoms with E-state index < -0.39 is 0 Å². The molecule has 0 radical (unpaired) electrons. The highest BCUT2D eigenvalue weighted by molar-refractivity contribution is 7.14. The third-order valence-corrected chi connectivity index (χ3v) is 4.05. The summed E-state index contributed by atoms with van der Waals surface area (Å²) < 4.78 is 0. The van der Waals surface area contributed by atoms with E-state index in [0.717, 1.165) is 5.56 Å². The highest BCUT2D eigenvalue weighted by Crippen LogP contribution is 2.16. The molecule has 0 aliphatic carbocycles. The van der Waals surface area contributed by atoms with Crippen molar-refractivity contribution in [3.8, 4) is 0 Å². The van der Waals surface area contributed by atoms with Crippen molar-refractivity contribution in [1.82, 2.24) is 10.3 Å². The first-order chi connectivity index (χ1) is 11.7. The molecule has 0 bridgehead atoms. The van der Waals surface area contributed by atoms with Crippen LogP contribution >= 0.6 is 11.3 Å². The fourth-order valence-electron chi connectivity index (χ4n) is 2.06. The van der Waals surface area contributed by atoms with E-state index >= 15 is 0 Å². The lowest BCUT2D eigenvalue weighted by molar-refractivity contribution is 0.0945. The van der Waals surface area contributed by atoms with Gasteiger partial charge in [-0.3, -0.25) is 14.9 Å². The molecule has 2 amide bonds. The number of benzene rings is 2. The van der Waals surface area contributed by atoms with Gasteiger partial charge in [-0.25, -0.2) is 4.98 Å². The number of carbonyl (C=O) groups is 2. The van der Waals surface area contributed by atoms with Crippen molar-refractivity contribution >= 4 is 28.3 Å². The fourth-order valence-corrected chi connectivity index (χ4v) is 2.75. The second-order valence-electron chi connectivity index (χ2n) is 5.03. The molecule has 2 aromatic carbocycles. The Bertz CT molecular complexity index is 832. The molecule has 2 N–H and O–H groups in total. The highest BCUT2D eigenvalue weighted by Gasteiger charge is 2.13. The van der Waals surface area contributed by atoms with Crippen LogP contribution in [0, 0.1) is 0 Å². The first kappa shape index (κ1) is 15.9. The Kier molecular flexibility index (Phi) is 4.98. The molecule has 3 aromatic rings. The Morgan fingerprint density at radius 2 is 1.58 bits per heavy atom. The Hall–Kier alpha value is -2.99. The molecule has 0 aliphatic heterocycles. The van der Waals surface area contributed by atoms with Crippen molar-refractivity contribution < 1.29 is 9.59 Å². The second-order valence-corrected chi connectivity index (χ2v) is 5.88. The van der Waals surface area contributed by atoms with E-state index in [-0.39, 0.29) is 11.8 Å². The van der Waals surface area contributed by atoms with Crippen LogP contribution < -0.4 is 10.6 Å². The Balaban J connectivity index is 1.58. The second kappa shape index (κ2) is 7.52. The van der Waals surface area contributed by atoms with Gasteiger partial charge in [0, 0.05) is 17.5 Å². The Morgan fingerprint density at radius 3 is 2.29 bits per heavy atom. The van der Waals surface area contributed by atoms with E-state index in [1.54, 1.807) is 29.6 Å². The van der Waals surface area contributed by atoms with Crippen molar-refractivity contribution in [2.24, 2.45) is 0 Å². The number of amides is 2. The third-order valence-electron chi connectivity index (χ3n) is 3.29. The van der Waals surface area contributed by atoms with E-state index in [1.165, 1.54) is 11.3 Å². The van der Waals surface area contributed by atoms with Crippen LogP contribution in [0.5, 0.6) is 0 Å². The smallest absolute Gasteiger partial charge is 0.271 e. The average molecular weight is 337 g/mol. The van der Waals surface area contributed by atoms with Crippen LogP contribution in [0.4, 0.5) is 5.13 Å². The summed E-state index contributed by atoms with van der Waals surface area (Å²) in [5.41, 5.74) is 1.85. The topological polar surface area (TPSA) is 71.1 Å². The van der Waals surface area contributed by atoms with Crippen molar-refractivity contribution in [3.63, 3.8) is 0 Å². The van der Waals surface area contributed by atoms with Crippen LogP contribution in [-0.4, -0.2) is 16.8 Å². The van der Waals surface area contributed by atoms with E-state index in [2.05, 4.69) is 15.6 Å². The number of anilines is 1. The van der Waals surface area contributed by atoms with Gasteiger partial charge in [-0.15, -0.1) is 11.3 Å². The predicted octanol–water partition coefficient (Wildman–Crippen LogP) is 3.33. The van der Waals surface area contributed by atoms with E-state index in [0.29, 0.717) is 22.9 Å². The van der Waals surface area contributed by atoms with Gasteiger partial charge in [-0.1, -0.05) is 48.5 Å². The van der Waals surface area contributed by atoms with Gasteiger partial charge in [0.05, 0.1) is 0 Å². The van der Waals surface area contributed by atoms with E-state index in [9.17, 15) is 9.59 Å². The molecule has 0 aliphatic rings. The Labute approximate surface area is 143 Å². The monoisotopic (exact) mass is 337 g/mol. The van der Waals surface area contributed by atoms with Crippen molar-refractivity contribution in [2.45, 2.75) is 6.54 Å². The molecule has 0 saturated carbocycles. The minimum Gasteiger partial charge on any atom is -0.347 e. The van der Waals surface area contributed by atoms with Crippen molar-refractivity contribution in [2.75, 3.05) is 5.32 Å². The van der Waals surface area contributed by atoms with Gasteiger partial charge in [0.15, 0.2) is 5.13 Å². The van der Waals surface area contributed by atoms with Crippen LogP contribution in [0.15, 0.2) is 66.0 Å². The number of hydrogen-bond acceptors (Lipinski definition) is 4. The number of rotatable bonds is 5. The summed E-state index contributed by atoms with van der Waals surface area (Å²) in [6.07, 6.45) is 0. The molecule has 5 nitrogen and oxygen atoms in total. The zero-order chi connectivity index (χ0) is 16.8. The molecule has 0 unspecified atom stereocenters. The van der Waals surface area contributed by atoms with E-state index in [1.807, 2.05) is 36.4 Å². The van der Waals surface area contributed by atoms with Gasteiger partial charge in [0.2, 0.25) is 0 Å². The fraction of sp³-hybridized carbons (Fsp3) is 0.0556. The largest absolute Gasteiger partial charge is 0.347 e. The number of aromatic nitrogens is 1. The van der Waals surface area contributed by atoms with Crippen molar-refractivity contribution in [1.29, 1.82) is 0 Å². The molecule has 1 heterocycles. The summed E-state index contributed by atoms with van der Waals surface area (Å²) in [7, 11) is 0. The summed E-state index contributed by atoms with van der Waals surface area (Å²) in [6, 6.07) is 18.5. The molecule has 0 atom stereocenters. The van der Waals surface area contributed by atoms with Crippen molar-refractivity contribution in [3.05, 3.63) is 82.9 Å². The summed E-state index contributed by atoms with van der Waals surface area (Å²) in [6.45, 7) is 0.433. The summed E-state index contributed by atoms with van der Waals surface area (Å²) >= 11 is 1.22. The molecular formula is C18H15N3O2S. The summed E-state index contributed by atoms with van der Waals surface area (Å²) in [4.78, 5) is 28.3. The number of carbonyl (C=O) groups excluding carboxylic acids is 2. The van der Waals surface area contributed by atoms with Crippen LogP contribution in [0.3, 0.4) is 0 Å². The van der Waals surface area contributed by atoms with Gasteiger partial charge in [0.1, 0.15) is 5.69 Å². The van der Waals surface area contributed by atoms with Gasteiger partial charge < -0.3 is 5.32 Å². The molecular weight excluding hydrogens is 322 g/mol. The van der Waals surface area contributed by atoms with Crippen LogP contribution in [0.25, 0.3) is 0 Å². The van der Waals surface area contributed by atoms with Gasteiger partial charge in [0.25, 0.3) is 11.8 Å². The molecule has 6 heteroatoms. The van der Waals surface area contributed by atoms with Gasteiger partial charge in [-0.2, -0.15) is 0 Å². The maximum atomic E-state index is 12.1. The van der Waals surface area contributed by atoms with Crippen LogP contribution in [-0.2, 0) is 6.54 Å². The molecule has 24 heavy (non-hydrogen) atoms. The van der Waals surface area contributed by atoms with Gasteiger partial charge in [-0.05, 0) is 17.7 Å². The SMILES string of the molecule is O=C(Nc1nc(C(=O)NCc2ccccc2)cs1)c1ccccc1. The third kappa shape index (κ3) is 4.05. The first-order valence-corrected chi connectivity index (χ1v) is 8.24. The zero-order valence-corrected chi connectivity index (χ0v) is 13.5. The molecule has 0 fully saturated rings. The zero-order valence-electron chi connectivity index (χ0n) is 12.7. The summed E-state index contributed by atoms with van der Waals surface area (Å²) in [5.74, 6) is -0.517. The number of thiazole rings is 1. The molecule has 120 valence electrons. The molecule has 1 aromatic heterocycles. The standard InChI is InChI=1S/C18H15N3O2S/c22-16(14-9-5-2-6-10-14)21-18-20-15(12-24-18)17(23)19-11-13-7-3-1-4-8-13/h1-10,12H,11H2,(H,19,23)(H,20,21,22). The number of nitrogens with one attached hydrogen (secondary N) is 2. The normalized spacial score (nSPS) is 10.2. The van der Waals surface area contributed by atoms with Gasteiger partial charge >= 0.3 is 0 Å². The Morgan fingerprint density at radius 1 is 0.917 bits per heavy atom. The average Bonchev–Trinajstić information content (AvgIpc) is 3.10. The van der Waals surface area contributed by atoms with Crippen LogP contribution in [0.1, 0.15) is 26.4 Å². The maximum absolute atomic E-state index is 12.1. The van der Waals surface area contributed by atoms with Crippen LogP contribution in [0.2, 0.25) is 0 Å². The number of nitrogens with zero attached hydrogens (tertiary/aromatic N) is 1. The summed E-state index contributed by atoms with van der Waals surface area (Å²) in [5, 5.41) is 7.52. The molecule has 0 saturated heterocycles. The lowest BCUT2D eigenvalue weighted by Gasteiger charge is -2.03. The predicted molar refractivity (Wildman–Crippen MR) is 94.1 cm³/mol. The first-order valence-electron chi connectivity index (χ1n) is 7.36. The lowest BCUT2D eigenvalue weighted by Crippen LogP contribution is -2.23.